The number of aromatic carboxylic acids is 3. The molecular weight excluding hydrogens is 338 g/mol. The van der Waals surface area contributed by atoms with E-state index in [1.54, 1.807) is 0 Å². The molecular formula is C19H27NO6. The summed E-state index contributed by atoms with van der Waals surface area (Å²) in [6.07, 6.45) is 9.22. The van der Waals surface area contributed by atoms with Crippen molar-refractivity contribution < 1.29 is 29.7 Å². The summed E-state index contributed by atoms with van der Waals surface area (Å²) in [6.45, 7) is 2.75. The lowest BCUT2D eigenvalue weighted by atomic mass is 9.99. The van der Waals surface area contributed by atoms with Crippen LogP contribution in [0.4, 0.5) is 5.69 Å². The Bertz CT molecular complexity index is 606. The Morgan fingerprint density at radius 3 is 1.65 bits per heavy atom. The summed E-state index contributed by atoms with van der Waals surface area (Å²) in [5.74, 6) is -4.52. The number of benzene rings is 1. The second kappa shape index (κ2) is 11.1. The van der Waals surface area contributed by atoms with Crippen LogP contribution in [0.1, 0.15) is 89.4 Å². The molecule has 7 heteroatoms. The van der Waals surface area contributed by atoms with E-state index in [1.807, 2.05) is 0 Å². The number of hydrogen-bond donors (Lipinski definition) is 4. The van der Waals surface area contributed by atoms with E-state index in [-0.39, 0.29) is 0 Å². The van der Waals surface area contributed by atoms with Crippen molar-refractivity contribution in [3.8, 4) is 0 Å². The SMILES string of the molecule is CCCCCCCCCCNc1cc(C(=O)O)c(C(=O)O)c(C(=O)O)c1. The number of anilines is 1. The molecule has 0 heterocycles. The smallest absolute Gasteiger partial charge is 0.337 e. The van der Waals surface area contributed by atoms with Gasteiger partial charge in [-0.3, -0.25) is 0 Å². The molecule has 0 bridgehead atoms. The molecule has 0 radical (unpaired) electrons. The molecule has 26 heavy (non-hydrogen) atoms. The number of carboxylic acids is 3. The van der Waals surface area contributed by atoms with Gasteiger partial charge in [-0.2, -0.15) is 0 Å². The quantitative estimate of drug-likeness (QED) is 0.383. The van der Waals surface area contributed by atoms with Crippen LogP contribution < -0.4 is 5.32 Å². The van der Waals surface area contributed by atoms with Gasteiger partial charge < -0.3 is 20.6 Å². The van der Waals surface area contributed by atoms with Crippen molar-refractivity contribution in [3.05, 3.63) is 28.8 Å². The molecule has 0 saturated carbocycles. The zero-order valence-electron chi connectivity index (χ0n) is 15.1. The Morgan fingerprint density at radius 1 is 0.769 bits per heavy atom. The van der Waals surface area contributed by atoms with Gasteiger partial charge in [0.25, 0.3) is 0 Å². The molecule has 0 aliphatic rings. The van der Waals surface area contributed by atoms with Gasteiger partial charge in [0, 0.05) is 12.2 Å². The van der Waals surface area contributed by atoms with Crippen LogP contribution in [-0.4, -0.2) is 39.8 Å². The Kier molecular flexibility index (Phi) is 9.19. The van der Waals surface area contributed by atoms with Crippen molar-refractivity contribution in [1.29, 1.82) is 0 Å². The van der Waals surface area contributed by atoms with Crippen molar-refractivity contribution in [2.75, 3.05) is 11.9 Å². The lowest BCUT2D eigenvalue weighted by molar-refractivity contribution is 0.0633. The van der Waals surface area contributed by atoms with Crippen LogP contribution in [0.2, 0.25) is 0 Å². The first-order valence-corrected chi connectivity index (χ1v) is 9.00. The van der Waals surface area contributed by atoms with Gasteiger partial charge in [-0.1, -0.05) is 51.9 Å². The van der Waals surface area contributed by atoms with Gasteiger partial charge in [0.1, 0.15) is 0 Å². The standard InChI is InChI=1S/C19H27NO6/c1-2-3-4-5-6-7-8-9-10-20-13-11-14(17(21)22)16(19(25)26)15(12-13)18(23)24/h11-12,20H,2-10H2,1H3,(H,21,22)(H,23,24)(H,25,26). The second-order valence-electron chi connectivity index (χ2n) is 6.26. The maximum atomic E-state index is 11.3. The van der Waals surface area contributed by atoms with Crippen LogP contribution in [0.5, 0.6) is 0 Å². The molecule has 0 spiro atoms. The fourth-order valence-electron chi connectivity index (χ4n) is 2.80. The number of carboxylic acid groups (broad SMARTS) is 3. The normalized spacial score (nSPS) is 10.5. The van der Waals surface area contributed by atoms with Crippen LogP contribution in [-0.2, 0) is 0 Å². The number of carbonyl (C=O) groups is 3. The first-order chi connectivity index (χ1) is 12.4. The van der Waals surface area contributed by atoms with E-state index < -0.39 is 34.6 Å². The van der Waals surface area contributed by atoms with Crippen molar-refractivity contribution in [2.45, 2.75) is 58.3 Å². The van der Waals surface area contributed by atoms with Gasteiger partial charge in [0.2, 0.25) is 0 Å². The van der Waals surface area contributed by atoms with Gasteiger partial charge in [-0.05, 0) is 18.6 Å². The summed E-state index contributed by atoms with van der Waals surface area (Å²) >= 11 is 0. The lowest BCUT2D eigenvalue weighted by Crippen LogP contribution is -2.16. The molecule has 0 atom stereocenters. The molecule has 7 nitrogen and oxygen atoms in total. The highest BCUT2D eigenvalue weighted by atomic mass is 16.4. The largest absolute Gasteiger partial charge is 0.478 e. The van der Waals surface area contributed by atoms with E-state index >= 15 is 0 Å². The van der Waals surface area contributed by atoms with Gasteiger partial charge in [-0.15, -0.1) is 0 Å². The van der Waals surface area contributed by atoms with Crippen molar-refractivity contribution in [2.24, 2.45) is 0 Å². The fraction of sp³-hybridized carbons (Fsp3) is 0.526. The van der Waals surface area contributed by atoms with E-state index in [2.05, 4.69) is 12.2 Å². The van der Waals surface area contributed by atoms with Crippen molar-refractivity contribution >= 4 is 23.6 Å². The minimum absolute atomic E-state index is 0.299. The molecule has 0 aliphatic heterocycles. The zero-order chi connectivity index (χ0) is 19.5. The first kappa shape index (κ1) is 21.5. The highest BCUT2D eigenvalue weighted by Gasteiger charge is 2.25. The predicted octanol–water partition coefficient (Wildman–Crippen LogP) is 4.33. The molecule has 0 aromatic heterocycles. The van der Waals surface area contributed by atoms with Crippen molar-refractivity contribution in [1.82, 2.24) is 0 Å². The zero-order valence-corrected chi connectivity index (χ0v) is 15.1. The molecule has 1 rings (SSSR count). The number of hydrogen-bond acceptors (Lipinski definition) is 4. The van der Waals surface area contributed by atoms with Crippen LogP contribution in [0.15, 0.2) is 12.1 Å². The molecule has 0 saturated heterocycles. The summed E-state index contributed by atoms with van der Waals surface area (Å²) in [5.41, 5.74) is -1.47. The third-order valence-electron chi connectivity index (χ3n) is 4.17. The molecule has 0 unspecified atom stereocenters. The first-order valence-electron chi connectivity index (χ1n) is 9.00. The lowest BCUT2D eigenvalue weighted by Gasteiger charge is -2.12. The Balaban J connectivity index is 2.63. The van der Waals surface area contributed by atoms with Crippen LogP contribution in [0.25, 0.3) is 0 Å². The average molecular weight is 365 g/mol. The maximum absolute atomic E-state index is 11.3. The third kappa shape index (κ3) is 6.74. The number of rotatable bonds is 13. The maximum Gasteiger partial charge on any atom is 0.337 e. The average Bonchev–Trinajstić information content (AvgIpc) is 2.59. The van der Waals surface area contributed by atoms with E-state index in [1.165, 1.54) is 44.2 Å². The molecule has 144 valence electrons. The highest BCUT2D eigenvalue weighted by molar-refractivity contribution is 6.10. The van der Waals surface area contributed by atoms with Crippen molar-refractivity contribution in [3.63, 3.8) is 0 Å². The summed E-state index contributed by atoms with van der Waals surface area (Å²) < 4.78 is 0. The van der Waals surface area contributed by atoms with E-state index in [9.17, 15) is 24.6 Å². The van der Waals surface area contributed by atoms with Gasteiger partial charge in [0.05, 0.1) is 16.7 Å². The summed E-state index contributed by atoms with van der Waals surface area (Å²) in [6, 6.07) is 2.34. The van der Waals surface area contributed by atoms with E-state index in [4.69, 9.17) is 5.11 Å². The summed E-state index contributed by atoms with van der Waals surface area (Å²) in [4.78, 5) is 33.8. The molecule has 0 fully saturated rings. The van der Waals surface area contributed by atoms with E-state index in [0.29, 0.717) is 12.2 Å². The van der Waals surface area contributed by atoms with Gasteiger partial charge in [-0.25, -0.2) is 14.4 Å². The van der Waals surface area contributed by atoms with Crippen LogP contribution >= 0.6 is 0 Å². The highest BCUT2D eigenvalue weighted by Crippen LogP contribution is 2.22. The molecule has 4 N–H and O–H groups in total. The van der Waals surface area contributed by atoms with Gasteiger partial charge >= 0.3 is 17.9 Å². The topological polar surface area (TPSA) is 124 Å². The van der Waals surface area contributed by atoms with Crippen LogP contribution in [0, 0.1) is 0 Å². The number of nitrogens with one attached hydrogen (secondary N) is 1. The molecule has 0 aliphatic carbocycles. The van der Waals surface area contributed by atoms with E-state index in [0.717, 1.165) is 19.3 Å². The minimum Gasteiger partial charge on any atom is -0.478 e. The van der Waals surface area contributed by atoms with Gasteiger partial charge in [0.15, 0.2) is 0 Å². The fourth-order valence-corrected chi connectivity index (χ4v) is 2.80. The monoisotopic (exact) mass is 365 g/mol. The Labute approximate surface area is 153 Å². The summed E-state index contributed by atoms with van der Waals surface area (Å²) in [7, 11) is 0. The predicted molar refractivity (Wildman–Crippen MR) is 98.4 cm³/mol. The minimum atomic E-state index is -1.57. The molecule has 0 amide bonds. The Hall–Kier alpha value is -2.57. The Morgan fingerprint density at radius 2 is 1.23 bits per heavy atom. The second-order valence-corrected chi connectivity index (χ2v) is 6.26. The molecule has 1 aromatic rings. The van der Waals surface area contributed by atoms with Crippen LogP contribution in [0.3, 0.4) is 0 Å². The summed E-state index contributed by atoms with van der Waals surface area (Å²) in [5, 5.41) is 30.5. The third-order valence-corrected chi connectivity index (χ3v) is 4.17. The number of unbranched alkanes of at least 4 members (excludes halogenated alkanes) is 7. The molecule has 1 aromatic carbocycles.